The Bertz CT molecular complexity index is 351. The number of hydrogen-bond acceptors (Lipinski definition) is 4. The summed E-state index contributed by atoms with van der Waals surface area (Å²) in [5.74, 6) is -0.188. The van der Waals surface area contributed by atoms with Crippen molar-refractivity contribution < 1.29 is 9.53 Å². The maximum atomic E-state index is 11.3. The number of carbonyl (C=O) groups excluding carboxylic acids is 1. The average Bonchev–Trinajstić information content (AvgIpc) is 2.37. The summed E-state index contributed by atoms with van der Waals surface area (Å²) in [6.07, 6.45) is 0. The fourth-order valence-corrected chi connectivity index (χ4v) is 2.27. The van der Waals surface area contributed by atoms with Gasteiger partial charge in [-0.25, -0.2) is 0 Å². The standard InChI is InChI=1S/C13H19NO2S/c1-4-14-9-11-5-7-12(8-6-11)17-10(2)13(15)16-3/h5-8,10,14H,4,9H2,1-3H3. The number of hydrogen-bond donors (Lipinski definition) is 1. The molecule has 1 aromatic rings. The average molecular weight is 253 g/mol. The summed E-state index contributed by atoms with van der Waals surface area (Å²) in [5, 5.41) is 3.10. The number of ether oxygens (including phenoxy) is 1. The molecule has 0 spiro atoms. The third-order valence-corrected chi connectivity index (χ3v) is 3.44. The van der Waals surface area contributed by atoms with Crippen LogP contribution in [0.5, 0.6) is 0 Å². The van der Waals surface area contributed by atoms with Gasteiger partial charge in [-0.2, -0.15) is 0 Å². The Labute approximate surface area is 107 Å². The van der Waals surface area contributed by atoms with Crippen LogP contribution in [0.15, 0.2) is 29.2 Å². The Balaban J connectivity index is 2.53. The van der Waals surface area contributed by atoms with Crippen LogP contribution in [0, 0.1) is 0 Å². The molecule has 0 saturated carbocycles. The lowest BCUT2D eigenvalue weighted by atomic mass is 10.2. The van der Waals surface area contributed by atoms with Crippen molar-refractivity contribution in [1.82, 2.24) is 5.32 Å². The predicted molar refractivity (Wildman–Crippen MR) is 71.2 cm³/mol. The molecule has 0 amide bonds. The van der Waals surface area contributed by atoms with Crippen LogP contribution < -0.4 is 5.32 Å². The lowest BCUT2D eigenvalue weighted by molar-refractivity contribution is -0.139. The van der Waals surface area contributed by atoms with Crippen molar-refractivity contribution in [2.24, 2.45) is 0 Å². The molecule has 0 heterocycles. The van der Waals surface area contributed by atoms with Crippen molar-refractivity contribution >= 4 is 17.7 Å². The first kappa shape index (κ1) is 14.1. The van der Waals surface area contributed by atoms with Crippen LogP contribution in [-0.4, -0.2) is 24.9 Å². The summed E-state index contributed by atoms with van der Waals surface area (Å²) >= 11 is 1.51. The summed E-state index contributed by atoms with van der Waals surface area (Å²) < 4.78 is 4.69. The van der Waals surface area contributed by atoms with Crippen molar-refractivity contribution in [1.29, 1.82) is 0 Å². The highest BCUT2D eigenvalue weighted by Gasteiger charge is 2.14. The number of benzene rings is 1. The van der Waals surface area contributed by atoms with Crippen molar-refractivity contribution in [3.8, 4) is 0 Å². The molecule has 1 N–H and O–H groups in total. The molecule has 94 valence electrons. The van der Waals surface area contributed by atoms with Gasteiger partial charge in [0.25, 0.3) is 0 Å². The number of thioether (sulfide) groups is 1. The van der Waals surface area contributed by atoms with Crippen LogP contribution in [0.25, 0.3) is 0 Å². The van der Waals surface area contributed by atoms with E-state index in [0.717, 1.165) is 18.0 Å². The normalized spacial score (nSPS) is 12.2. The molecule has 0 aliphatic carbocycles. The molecular formula is C13H19NO2S. The maximum absolute atomic E-state index is 11.3. The monoisotopic (exact) mass is 253 g/mol. The Morgan fingerprint density at radius 3 is 2.59 bits per heavy atom. The van der Waals surface area contributed by atoms with Gasteiger partial charge in [-0.3, -0.25) is 4.79 Å². The van der Waals surface area contributed by atoms with E-state index in [-0.39, 0.29) is 11.2 Å². The minimum absolute atomic E-state index is 0.167. The van der Waals surface area contributed by atoms with Gasteiger partial charge in [-0.15, -0.1) is 11.8 Å². The summed E-state index contributed by atoms with van der Waals surface area (Å²) in [6, 6.07) is 8.23. The minimum Gasteiger partial charge on any atom is -0.468 e. The second kappa shape index (κ2) is 7.35. The molecule has 1 aromatic carbocycles. The van der Waals surface area contributed by atoms with Gasteiger partial charge in [0.2, 0.25) is 0 Å². The van der Waals surface area contributed by atoms with Crippen LogP contribution in [0.1, 0.15) is 19.4 Å². The van der Waals surface area contributed by atoms with Gasteiger partial charge in [-0.05, 0) is 31.2 Å². The van der Waals surface area contributed by atoms with E-state index in [2.05, 4.69) is 24.4 Å². The molecule has 0 aliphatic rings. The second-order valence-electron chi connectivity index (χ2n) is 3.71. The molecule has 3 nitrogen and oxygen atoms in total. The van der Waals surface area contributed by atoms with Crippen molar-refractivity contribution in [3.05, 3.63) is 29.8 Å². The number of methoxy groups -OCH3 is 1. The topological polar surface area (TPSA) is 38.3 Å². The lowest BCUT2D eigenvalue weighted by Crippen LogP contribution is -2.14. The minimum atomic E-state index is -0.188. The third-order valence-electron chi connectivity index (χ3n) is 2.35. The summed E-state index contributed by atoms with van der Waals surface area (Å²) in [7, 11) is 1.42. The first-order valence-corrected chi connectivity index (χ1v) is 6.59. The van der Waals surface area contributed by atoms with Crippen LogP contribution in [0.4, 0.5) is 0 Å². The van der Waals surface area contributed by atoms with Gasteiger partial charge in [0.15, 0.2) is 0 Å². The summed E-state index contributed by atoms with van der Waals surface area (Å²) in [6.45, 7) is 5.79. The van der Waals surface area contributed by atoms with E-state index in [1.165, 1.54) is 24.4 Å². The maximum Gasteiger partial charge on any atom is 0.318 e. The molecule has 0 fully saturated rings. The highest BCUT2D eigenvalue weighted by atomic mass is 32.2. The van der Waals surface area contributed by atoms with Crippen molar-refractivity contribution in [3.63, 3.8) is 0 Å². The molecular weight excluding hydrogens is 234 g/mol. The Morgan fingerprint density at radius 2 is 2.06 bits per heavy atom. The molecule has 0 saturated heterocycles. The van der Waals surface area contributed by atoms with Gasteiger partial charge >= 0.3 is 5.97 Å². The van der Waals surface area contributed by atoms with Crippen molar-refractivity contribution in [2.45, 2.75) is 30.5 Å². The zero-order valence-corrected chi connectivity index (χ0v) is 11.3. The van der Waals surface area contributed by atoms with Gasteiger partial charge in [-0.1, -0.05) is 19.1 Å². The van der Waals surface area contributed by atoms with Crippen molar-refractivity contribution in [2.75, 3.05) is 13.7 Å². The van der Waals surface area contributed by atoms with E-state index in [1.54, 1.807) is 0 Å². The molecule has 0 aromatic heterocycles. The Kier molecular flexibility index (Phi) is 6.08. The van der Waals surface area contributed by atoms with E-state index in [4.69, 9.17) is 4.74 Å². The fourth-order valence-electron chi connectivity index (χ4n) is 1.37. The smallest absolute Gasteiger partial charge is 0.318 e. The number of carbonyl (C=O) groups is 1. The van der Waals surface area contributed by atoms with Crippen LogP contribution >= 0.6 is 11.8 Å². The van der Waals surface area contributed by atoms with Crippen LogP contribution in [0.2, 0.25) is 0 Å². The van der Waals surface area contributed by atoms with E-state index < -0.39 is 0 Å². The molecule has 1 unspecified atom stereocenters. The van der Waals surface area contributed by atoms with Gasteiger partial charge in [0.1, 0.15) is 5.25 Å². The van der Waals surface area contributed by atoms with Gasteiger partial charge < -0.3 is 10.1 Å². The molecule has 0 aliphatic heterocycles. The SMILES string of the molecule is CCNCc1ccc(SC(C)C(=O)OC)cc1. The molecule has 0 radical (unpaired) electrons. The van der Waals surface area contributed by atoms with Gasteiger partial charge in [0.05, 0.1) is 7.11 Å². The molecule has 1 rings (SSSR count). The first-order valence-electron chi connectivity index (χ1n) is 5.71. The van der Waals surface area contributed by atoms with E-state index in [0.29, 0.717) is 0 Å². The number of esters is 1. The molecule has 1 atom stereocenters. The molecule has 17 heavy (non-hydrogen) atoms. The van der Waals surface area contributed by atoms with Crippen LogP contribution in [0.3, 0.4) is 0 Å². The summed E-state index contributed by atoms with van der Waals surface area (Å²) in [5.41, 5.74) is 1.25. The fraction of sp³-hybridized carbons (Fsp3) is 0.462. The first-order chi connectivity index (χ1) is 8.17. The number of nitrogens with one attached hydrogen (secondary N) is 1. The van der Waals surface area contributed by atoms with E-state index in [9.17, 15) is 4.79 Å². The quantitative estimate of drug-likeness (QED) is 0.624. The highest BCUT2D eigenvalue weighted by molar-refractivity contribution is 8.00. The largest absolute Gasteiger partial charge is 0.468 e. The predicted octanol–water partition coefficient (Wildman–Crippen LogP) is 2.45. The van der Waals surface area contributed by atoms with E-state index >= 15 is 0 Å². The highest BCUT2D eigenvalue weighted by Crippen LogP contribution is 2.24. The second-order valence-corrected chi connectivity index (χ2v) is 5.12. The zero-order chi connectivity index (χ0) is 12.7. The molecule has 4 heteroatoms. The van der Waals surface area contributed by atoms with Gasteiger partial charge in [0, 0.05) is 11.4 Å². The summed E-state index contributed by atoms with van der Waals surface area (Å²) in [4.78, 5) is 12.4. The van der Waals surface area contributed by atoms with E-state index in [1.807, 2.05) is 19.1 Å². The Hall–Kier alpha value is -1.00. The Morgan fingerprint density at radius 1 is 1.41 bits per heavy atom. The van der Waals surface area contributed by atoms with Crippen LogP contribution in [-0.2, 0) is 16.1 Å². The molecule has 0 bridgehead atoms. The lowest BCUT2D eigenvalue weighted by Gasteiger charge is -2.09. The number of rotatable bonds is 6. The zero-order valence-electron chi connectivity index (χ0n) is 10.5. The third kappa shape index (κ3) is 4.79.